The van der Waals surface area contributed by atoms with Crippen LogP contribution in [0.3, 0.4) is 0 Å². The molecule has 0 aromatic carbocycles. The van der Waals surface area contributed by atoms with Crippen LogP contribution >= 0.6 is 0 Å². The van der Waals surface area contributed by atoms with Crippen LogP contribution < -0.4 is 5.32 Å². The fourth-order valence-electron chi connectivity index (χ4n) is 0.525. The van der Waals surface area contributed by atoms with Gasteiger partial charge in [-0.25, -0.2) is 0 Å². The molecule has 0 saturated carbocycles. The molecule has 0 aliphatic carbocycles. The van der Waals surface area contributed by atoms with E-state index in [2.05, 4.69) is 45.3 Å². The summed E-state index contributed by atoms with van der Waals surface area (Å²) >= 11 is 0. The van der Waals surface area contributed by atoms with Crippen molar-refractivity contribution in [2.24, 2.45) is 5.41 Å². The summed E-state index contributed by atoms with van der Waals surface area (Å²) in [7, 11) is 1.94. The Bertz CT molecular complexity index is 223. The molecule has 0 atom stereocenters. The Morgan fingerprint density at radius 3 is 1.32 bits per heavy atom. The molecule has 0 radical (unpaired) electrons. The molecule has 0 aromatic rings. The van der Waals surface area contributed by atoms with E-state index in [4.69, 9.17) is 0 Å². The van der Waals surface area contributed by atoms with Gasteiger partial charge in [-0.3, -0.25) is 0 Å². The van der Waals surface area contributed by atoms with Crippen LogP contribution in [0, 0.1) is 5.41 Å². The molecule has 0 aliphatic heterocycles. The zero-order valence-electron chi connectivity index (χ0n) is 17.0. The number of hydrogen-bond acceptors (Lipinski definition) is 2. The Hall–Kier alpha value is -1.31. The highest BCUT2D eigenvalue weighted by Crippen LogP contribution is 2.05. The Labute approximate surface area is 141 Å². The second kappa shape index (κ2) is 31.9. The van der Waals surface area contributed by atoms with Crippen molar-refractivity contribution in [3.8, 4) is 0 Å². The molecule has 0 saturated heterocycles. The summed E-state index contributed by atoms with van der Waals surface area (Å²) in [6.07, 6.45) is 8.65. The molecular weight excluding hydrogens is 270 g/mol. The molecule has 0 aliphatic rings. The lowest BCUT2D eigenvalue weighted by Gasteiger charge is -2.03. The molecule has 1 N–H and O–H groups in total. The van der Waals surface area contributed by atoms with Crippen molar-refractivity contribution in [3.63, 3.8) is 0 Å². The zero-order valence-corrected chi connectivity index (χ0v) is 17.0. The molecule has 0 aromatic heterocycles. The average Bonchev–Trinajstić information content (AvgIpc) is 2.52. The predicted octanol–water partition coefficient (Wildman–Crippen LogP) is 6.55. The number of hydrogen-bond donors (Lipinski definition) is 1. The summed E-state index contributed by atoms with van der Waals surface area (Å²) in [5.74, 6) is 0. The molecule has 2 nitrogen and oxygen atoms in total. The predicted molar refractivity (Wildman–Crippen MR) is 106 cm³/mol. The molecule has 0 heterocycles. The third kappa shape index (κ3) is 77.5. The van der Waals surface area contributed by atoms with E-state index in [0.29, 0.717) is 0 Å². The molecule has 0 spiro atoms. The van der Waals surface area contributed by atoms with Gasteiger partial charge in [-0.1, -0.05) is 93.2 Å². The third-order valence-corrected chi connectivity index (χ3v) is 1.57. The Morgan fingerprint density at radius 1 is 1.05 bits per heavy atom. The monoisotopic (exact) mass is 313 g/mol. The van der Waals surface area contributed by atoms with E-state index < -0.39 is 0 Å². The molecule has 2 heteroatoms. The van der Waals surface area contributed by atoms with E-state index in [0.717, 1.165) is 12.7 Å². The van der Waals surface area contributed by atoms with Gasteiger partial charge in [0.2, 0.25) is 0 Å². The highest BCUT2D eigenvalue weighted by atomic mass is 16.1. The topological polar surface area (TPSA) is 29.1 Å². The van der Waals surface area contributed by atoms with Crippen molar-refractivity contribution < 1.29 is 4.79 Å². The van der Waals surface area contributed by atoms with Gasteiger partial charge in [0.1, 0.15) is 6.29 Å². The van der Waals surface area contributed by atoms with E-state index in [1.165, 1.54) is 12.1 Å². The number of aldehydes is 1. The summed E-state index contributed by atoms with van der Waals surface area (Å²) in [6, 6.07) is 0. The summed E-state index contributed by atoms with van der Waals surface area (Å²) in [6.45, 7) is 24.8. The second-order valence-electron chi connectivity index (χ2n) is 5.08. The Balaban J connectivity index is -0.0000000586. The van der Waals surface area contributed by atoms with Crippen LogP contribution in [0.5, 0.6) is 0 Å². The fraction of sp³-hybridized carbons (Fsp3) is 0.650. The van der Waals surface area contributed by atoms with Crippen molar-refractivity contribution in [2.45, 2.75) is 75.2 Å². The first-order valence-electron chi connectivity index (χ1n) is 8.27. The van der Waals surface area contributed by atoms with E-state index in [-0.39, 0.29) is 5.41 Å². The van der Waals surface area contributed by atoms with Crippen molar-refractivity contribution in [1.82, 2.24) is 5.32 Å². The summed E-state index contributed by atoms with van der Waals surface area (Å²) in [5, 5.41) is 3.06. The number of carbonyl (C=O) groups is 1. The first kappa shape index (κ1) is 32.6. The SMILES string of the molecule is C/C=C(\CC)NC.C=CC=C.CC.CC(C)(C)C=O.CCC. The second-order valence-corrected chi connectivity index (χ2v) is 5.08. The van der Waals surface area contributed by atoms with Crippen LogP contribution in [-0.2, 0) is 4.79 Å². The standard InChI is InChI=1S/C6H13N.C5H10O.C4H6.C3H8.C2H6/c1-4-6(5-2)7-3;1-5(2,3)4-6;1-3-4-2;1-3-2;1-2/h4,7H,5H2,1-3H3;4H,1-3H3;3-4H,1-2H2;3H2,1-2H3;1-2H3/b6-4+;;;;. The summed E-state index contributed by atoms with van der Waals surface area (Å²) in [5.41, 5.74) is 1.17. The average molecular weight is 314 g/mol. The van der Waals surface area contributed by atoms with Crippen LogP contribution in [0.15, 0.2) is 37.1 Å². The number of nitrogens with one attached hydrogen (secondary N) is 1. The summed E-state index contributed by atoms with van der Waals surface area (Å²) in [4.78, 5) is 9.83. The zero-order chi connectivity index (χ0) is 19.0. The maximum Gasteiger partial charge on any atom is 0.125 e. The molecule has 22 heavy (non-hydrogen) atoms. The quantitative estimate of drug-likeness (QED) is 0.472. The number of rotatable bonds is 3. The van der Waals surface area contributed by atoms with Crippen molar-refractivity contribution in [1.29, 1.82) is 0 Å². The van der Waals surface area contributed by atoms with Crippen LogP contribution in [0.25, 0.3) is 0 Å². The van der Waals surface area contributed by atoms with Gasteiger partial charge in [-0.2, -0.15) is 0 Å². The third-order valence-electron chi connectivity index (χ3n) is 1.57. The minimum Gasteiger partial charge on any atom is -0.392 e. The van der Waals surface area contributed by atoms with Crippen LogP contribution in [0.2, 0.25) is 0 Å². The van der Waals surface area contributed by atoms with Gasteiger partial charge in [-0.15, -0.1) is 0 Å². The highest BCUT2D eigenvalue weighted by molar-refractivity contribution is 5.56. The highest BCUT2D eigenvalue weighted by Gasteiger charge is 2.04. The lowest BCUT2D eigenvalue weighted by Crippen LogP contribution is -2.04. The Morgan fingerprint density at radius 2 is 1.32 bits per heavy atom. The molecule has 0 unspecified atom stereocenters. The van der Waals surface area contributed by atoms with Crippen LogP contribution in [0.4, 0.5) is 0 Å². The first-order chi connectivity index (χ1) is 10.2. The van der Waals surface area contributed by atoms with Gasteiger partial charge >= 0.3 is 0 Å². The van der Waals surface area contributed by atoms with Gasteiger partial charge in [0.25, 0.3) is 0 Å². The number of carbonyl (C=O) groups excluding carboxylic acids is 1. The smallest absolute Gasteiger partial charge is 0.125 e. The largest absolute Gasteiger partial charge is 0.392 e. The van der Waals surface area contributed by atoms with E-state index in [1.54, 1.807) is 12.2 Å². The molecular formula is C20H43NO. The maximum absolute atomic E-state index is 9.83. The van der Waals surface area contributed by atoms with Crippen molar-refractivity contribution >= 4 is 6.29 Å². The lowest BCUT2D eigenvalue weighted by atomic mass is 10.0. The molecule has 0 amide bonds. The first-order valence-corrected chi connectivity index (χ1v) is 8.27. The molecule has 0 bridgehead atoms. The maximum atomic E-state index is 9.83. The van der Waals surface area contributed by atoms with Crippen LogP contribution in [0.1, 0.15) is 75.2 Å². The summed E-state index contributed by atoms with van der Waals surface area (Å²) < 4.78 is 0. The molecule has 134 valence electrons. The fourth-order valence-corrected chi connectivity index (χ4v) is 0.525. The molecule has 0 rings (SSSR count). The van der Waals surface area contributed by atoms with Gasteiger partial charge in [-0.05, 0) is 13.3 Å². The van der Waals surface area contributed by atoms with Gasteiger partial charge in [0, 0.05) is 18.2 Å². The molecule has 0 fully saturated rings. The minimum absolute atomic E-state index is 0.139. The minimum atomic E-state index is -0.139. The van der Waals surface area contributed by atoms with Gasteiger partial charge in [0.15, 0.2) is 0 Å². The Kier molecular flexibility index (Phi) is 47.2. The van der Waals surface area contributed by atoms with Crippen molar-refractivity contribution in [3.05, 3.63) is 37.1 Å². The van der Waals surface area contributed by atoms with Gasteiger partial charge < -0.3 is 10.1 Å². The van der Waals surface area contributed by atoms with Crippen LogP contribution in [-0.4, -0.2) is 13.3 Å². The van der Waals surface area contributed by atoms with Gasteiger partial charge in [0.05, 0.1) is 0 Å². The van der Waals surface area contributed by atoms with E-state index in [9.17, 15) is 4.79 Å². The van der Waals surface area contributed by atoms with E-state index in [1.807, 2.05) is 48.6 Å². The number of allylic oxidation sites excluding steroid dienone is 4. The lowest BCUT2D eigenvalue weighted by molar-refractivity contribution is -0.113. The normalized spacial score (nSPS) is 8.73. The van der Waals surface area contributed by atoms with Crippen molar-refractivity contribution in [2.75, 3.05) is 7.05 Å². The van der Waals surface area contributed by atoms with E-state index >= 15 is 0 Å².